The van der Waals surface area contributed by atoms with Crippen molar-refractivity contribution in [2.45, 2.75) is 12.5 Å². The molecule has 8 heteroatoms. The molecule has 1 atom stereocenters. The molecule has 0 radical (unpaired) electrons. The van der Waals surface area contributed by atoms with E-state index in [2.05, 4.69) is 15.3 Å². The molecular formula is C18H13F2N3O3. The first kappa shape index (κ1) is 17.4. The second-order valence-corrected chi connectivity index (χ2v) is 5.58. The van der Waals surface area contributed by atoms with Gasteiger partial charge in [-0.2, -0.15) is 0 Å². The van der Waals surface area contributed by atoms with E-state index in [0.717, 1.165) is 12.1 Å². The Balaban J connectivity index is 1.80. The summed E-state index contributed by atoms with van der Waals surface area (Å²) in [5.41, 5.74) is 1.30. The van der Waals surface area contributed by atoms with Gasteiger partial charge in [0, 0.05) is 24.2 Å². The molecule has 2 aromatic carbocycles. The normalized spacial score (nSPS) is 11.9. The van der Waals surface area contributed by atoms with Gasteiger partial charge in [0.1, 0.15) is 17.7 Å². The van der Waals surface area contributed by atoms with Gasteiger partial charge in [-0.3, -0.25) is 9.78 Å². The molecule has 1 aromatic heterocycles. The maximum Gasteiger partial charge on any atom is 0.326 e. The number of amides is 1. The minimum absolute atomic E-state index is 0.128. The molecule has 1 heterocycles. The molecule has 3 rings (SSSR count). The zero-order valence-corrected chi connectivity index (χ0v) is 13.3. The van der Waals surface area contributed by atoms with Crippen molar-refractivity contribution in [1.29, 1.82) is 0 Å². The lowest BCUT2D eigenvalue weighted by atomic mass is 10.1. The van der Waals surface area contributed by atoms with Gasteiger partial charge in [0.15, 0.2) is 0 Å². The SMILES string of the molecule is O=C(N[C@H](Cc1cnc2ccccc2n1)C(=O)O)c1cc(F)cc(F)c1. The summed E-state index contributed by atoms with van der Waals surface area (Å²) in [6.45, 7) is 0. The van der Waals surface area contributed by atoms with Crippen molar-refractivity contribution in [2.24, 2.45) is 0 Å². The van der Waals surface area contributed by atoms with Gasteiger partial charge in [0.05, 0.1) is 16.7 Å². The zero-order chi connectivity index (χ0) is 18.7. The van der Waals surface area contributed by atoms with Gasteiger partial charge in [-0.05, 0) is 24.3 Å². The first-order valence-corrected chi connectivity index (χ1v) is 7.63. The number of benzene rings is 2. The average molecular weight is 357 g/mol. The monoisotopic (exact) mass is 357 g/mol. The summed E-state index contributed by atoms with van der Waals surface area (Å²) in [5, 5.41) is 11.6. The quantitative estimate of drug-likeness (QED) is 0.731. The molecule has 26 heavy (non-hydrogen) atoms. The molecular weight excluding hydrogens is 344 g/mol. The minimum atomic E-state index is -1.33. The van der Waals surface area contributed by atoms with Crippen molar-refractivity contribution in [3.8, 4) is 0 Å². The van der Waals surface area contributed by atoms with Crippen LogP contribution in [0.4, 0.5) is 8.78 Å². The first-order valence-electron chi connectivity index (χ1n) is 7.63. The molecule has 0 spiro atoms. The van der Waals surface area contributed by atoms with Gasteiger partial charge >= 0.3 is 5.97 Å². The third-order valence-electron chi connectivity index (χ3n) is 3.64. The van der Waals surface area contributed by atoms with E-state index in [0.29, 0.717) is 22.8 Å². The minimum Gasteiger partial charge on any atom is -0.480 e. The second kappa shape index (κ2) is 7.22. The molecule has 2 N–H and O–H groups in total. The Morgan fingerprint density at radius 3 is 2.38 bits per heavy atom. The highest BCUT2D eigenvalue weighted by atomic mass is 19.1. The lowest BCUT2D eigenvalue weighted by molar-refractivity contribution is -0.139. The van der Waals surface area contributed by atoms with E-state index < -0.39 is 29.6 Å². The molecule has 0 saturated carbocycles. The summed E-state index contributed by atoms with van der Waals surface area (Å²) in [5.74, 6) is -4.06. The van der Waals surface area contributed by atoms with Crippen LogP contribution in [0.1, 0.15) is 16.1 Å². The summed E-state index contributed by atoms with van der Waals surface area (Å²) >= 11 is 0. The number of aliphatic carboxylic acids is 1. The van der Waals surface area contributed by atoms with E-state index >= 15 is 0 Å². The Kier molecular flexibility index (Phi) is 4.83. The number of aromatic nitrogens is 2. The number of hydrogen-bond donors (Lipinski definition) is 2. The largest absolute Gasteiger partial charge is 0.480 e. The fraction of sp³-hybridized carbons (Fsp3) is 0.111. The average Bonchev–Trinajstić information content (AvgIpc) is 2.60. The Labute approximate surface area is 146 Å². The number of hydrogen-bond acceptors (Lipinski definition) is 4. The van der Waals surface area contributed by atoms with Crippen LogP contribution in [0.5, 0.6) is 0 Å². The molecule has 0 fully saturated rings. The molecule has 0 aliphatic heterocycles. The fourth-order valence-electron chi connectivity index (χ4n) is 2.43. The van der Waals surface area contributed by atoms with Gasteiger partial charge in [-0.25, -0.2) is 18.6 Å². The highest BCUT2D eigenvalue weighted by Gasteiger charge is 2.22. The van der Waals surface area contributed by atoms with Crippen LogP contribution in [0.15, 0.2) is 48.7 Å². The van der Waals surface area contributed by atoms with E-state index in [-0.39, 0.29) is 12.0 Å². The molecule has 6 nitrogen and oxygen atoms in total. The smallest absolute Gasteiger partial charge is 0.326 e. The summed E-state index contributed by atoms with van der Waals surface area (Å²) in [4.78, 5) is 32.1. The van der Waals surface area contributed by atoms with Gasteiger partial charge in [0.2, 0.25) is 0 Å². The molecule has 132 valence electrons. The van der Waals surface area contributed by atoms with Gasteiger partial charge < -0.3 is 10.4 Å². The van der Waals surface area contributed by atoms with Crippen molar-refractivity contribution >= 4 is 22.9 Å². The number of carboxylic acid groups (broad SMARTS) is 1. The molecule has 0 aliphatic rings. The second-order valence-electron chi connectivity index (χ2n) is 5.58. The summed E-state index contributed by atoms with van der Waals surface area (Å²) in [7, 11) is 0. The van der Waals surface area contributed by atoms with Crippen LogP contribution in [0, 0.1) is 11.6 Å². The number of nitrogens with one attached hydrogen (secondary N) is 1. The summed E-state index contributed by atoms with van der Waals surface area (Å²) in [6.07, 6.45) is 1.29. The van der Waals surface area contributed by atoms with Crippen molar-refractivity contribution in [3.63, 3.8) is 0 Å². The van der Waals surface area contributed by atoms with Crippen LogP contribution in [-0.4, -0.2) is 33.0 Å². The Bertz CT molecular complexity index is 974. The summed E-state index contributed by atoms with van der Waals surface area (Å²) in [6, 6.07) is 8.02. The number of para-hydroxylation sites is 2. The lowest BCUT2D eigenvalue weighted by Gasteiger charge is -2.14. The van der Waals surface area contributed by atoms with E-state index in [1.54, 1.807) is 24.3 Å². The van der Waals surface area contributed by atoms with Crippen molar-refractivity contribution in [2.75, 3.05) is 0 Å². The molecule has 0 unspecified atom stereocenters. The zero-order valence-electron chi connectivity index (χ0n) is 13.3. The molecule has 0 saturated heterocycles. The number of rotatable bonds is 5. The van der Waals surface area contributed by atoms with Gasteiger partial charge in [0.25, 0.3) is 5.91 Å². The third-order valence-corrected chi connectivity index (χ3v) is 3.64. The maximum absolute atomic E-state index is 13.2. The Morgan fingerprint density at radius 1 is 1.08 bits per heavy atom. The van der Waals surface area contributed by atoms with E-state index in [1.165, 1.54) is 6.20 Å². The molecule has 0 aliphatic carbocycles. The maximum atomic E-state index is 13.2. The van der Waals surface area contributed by atoms with Gasteiger partial charge in [-0.15, -0.1) is 0 Å². The highest BCUT2D eigenvalue weighted by molar-refractivity contribution is 5.96. The van der Waals surface area contributed by atoms with E-state index in [4.69, 9.17) is 0 Å². The number of nitrogens with zero attached hydrogens (tertiary/aromatic N) is 2. The lowest BCUT2D eigenvalue weighted by Crippen LogP contribution is -2.42. The van der Waals surface area contributed by atoms with Crippen LogP contribution >= 0.6 is 0 Å². The summed E-state index contributed by atoms with van der Waals surface area (Å²) < 4.78 is 26.4. The predicted molar refractivity (Wildman–Crippen MR) is 88.5 cm³/mol. The topological polar surface area (TPSA) is 92.2 Å². The molecule has 3 aromatic rings. The first-order chi connectivity index (χ1) is 12.4. The van der Waals surface area contributed by atoms with Crippen LogP contribution in [0.2, 0.25) is 0 Å². The standard InChI is InChI=1S/C18H13F2N3O3/c19-11-5-10(6-12(20)7-11)17(24)23-16(18(25)26)8-13-9-21-14-3-1-2-4-15(14)22-13/h1-7,9,16H,8H2,(H,23,24)(H,25,26)/t16-/m1/s1. The number of carboxylic acids is 1. The number of carbonyl (C=O) groups excluding carboxylic acids is 1. The van der Waals surface area contributed by atoms with Crippen molar-refractivity contribution in [3.05, 3.63) is 71.6 Å². The number of fused-ring (bicyclic) bond motifs is 1. The van der Waals surface area contributed by atoms with E-state index in [9.17, 15) is 23.5 Å². The fourth-order valence-corrected chi connectivity index (χ4v) is 2.43. The number of halogens is 2. The van der Waals surface area contributed by atoms with Crippen LogP contribution in [0.25, 0.3) is 11.0 Å². The third kappa shape index (κ3) is 3.97. The van der Waals surface area contributed by atoms with Crippen molar-refractivity contribution in [1.82, 2.24) is 15.3 Å². The van der Waals surface area contributed by atoms with Crippen LogP contribution in [0.3, 0.4) is 0 Å². The van der Waals surface area contributed by atoms with E-state index in [1.807, 2.05) is 0 Å². The molecule has 1 amide bonds. The van der Waals surface area contributed by atoms with Gasteiger partial charge in [-0.1, -0.05) is 12.1 Å². The Hall–Kier alpha value is -3.42. The predicted octanol–water partition coefficient (Wildman–Crippen LogP) is 2.33. The molecule has 0 bridgehead atoms. The van der Waals surface area contributed by atoms with Crippen molar-refractivity contribution < 1.29 is 23.5 Å². The highest BCUT2D eigenvalue weighted by Crippen LogP contribution is 2.11. The number of carbonyl (C=O) groups is 2. The van der Waals surface area contributed by atoms with Crippen LogP contribution < -0.4 is 5.32 Å². The van der Waals surface area contributed by atoms with Crippen LogP contribution in [-0.2, 0) is 11.2 Å². The Morgan fingerprint density at radius 2 is 1.73 bits per heavy atom.